The lowest BCUT2D eigenvalue weighted by atomic mass is 10.1. The molecule has 1 aromatic carbocycles. The Kier molecular flexibility index (Phi) is 5.89. The summed E-state index contributed by atoms with van der Waals surface area (Å²) in [7, 11) is 0. The molecule has 0 aromatic heterocycles. The van der Waals surface area contributed by atoms with E-state index in [0.717, 1.165) is 43.8 Å². The zero-order chi connectivity index (χ0) is 16.9. The first kappa shape index (κ1) is 17.4. The van der Waals surface area contributed by atoms with Crippen LogP contribution in [0.4, 0.5) is 16.2 Å². The van der Waals surface area contributed by atoms with Crippen molar-refractivity contribution in [3.8, 4) is 0 Å². The van der Waals surface area contributed by atoms with Gasteiger partial charge in [0.1, 0.15) is 0 Å². The molecule has 24 heavy (non-hydrogen) atoms. The molecular formula is C18H27N3O2S. The fourth-order valence-electron chi connectivity index (χ4n) is 3.26. The Morgan fingerprint density at radius 2 is 2.17 bits per heavy atom. The first-order chi connectivity index (χ1) is 11.6. The van der Waals surface area contributed by atoms with Gasteiger partial charge in [0.15, 0.2) is 0 Å². The minimum absolute atomic E-state index is 0.0259. The van der Waals surface area contributed by atoms with Crippen molar-refractivity contribution in [1.29, 1.82) is 0 Å². The molecule has 6 heteroatoms. The Balaban J connectivity index is 1.57. The van der Waals surface area contributed by atoms with E-state index in [4.69, 9.17) is 4.74 Å². The van der Waals surface area contributed by atoms with Gasteiger partial charge in [0, 0.05) is 42.6 Å². The van der Waals surface area contributed by atoms with Gasteiger partial charge in [-0.1, -0.05) is 0 Å². The normalized spacial score (nSPS) is 22.2. The van der Waals surface area contributed by atoms with Crippen molar-refractivity contribution in [1.82, 2.24) is 5.32 Å². The smallest absolute Gasteiger partial charge is 0.319 e. The summed E-state index contributed by atoms with van der Waals surface area (Å²) in [5.74, 6) is 2.37. The molecule has 2 amide bonds. The summed E-state index contributed by atoms with van der Waals surface area (Å²) in [4.78, 5) is 14.6. The number of nitrogens with zero attached hydrogens (tertiary/aromatic N) is 1. The van der Waals surface area contributed by atoms with E-state index in [0.29, 0.717) is 0 Å². The number of nitrogens with one attached hydrogen (secondary N) is 2. The van der Waals surface area contributed by atoms with Crippen molar-refractivity contribution >= 4 is 29.2 Å². The first-order valence-corrected chi connectivity index (χ1v) is 9.91. The molecule has 3 rings (SSSR count). The van der Waals surface area contributed by atoms with Crippen molar-refractivity contribution in [3.63, 3.8) is 0 Å². The number of hydrogen-bond donors (Lipinski definition) is 2. The fourth-order valence-corrected chi connectivity index (χ4v) is 4.16. The van der Waals surface area contributed by atoms with Gasteiger partial charge in [0.2, 0.25) is 0 Å². The van der Waals surface area contributed by atoms with E-state index in [9.17, 15) is 4.79 Å². The number of thioether (sulfide) groups is 1. The summed E-state index contributed by atoms with van der Waals surface area (Å²) in [5.41, 5.74) is 3.19. The highest BCUT2D eigenvalue weighted by atomic mass is 32.2. The lowest BCUT2D eigenvalue weighted by Gasteiger charge is -2.29. The molecule has 132 valence electrons. The summed E-state index contributed by atoms with van der Waals surface area (Å²) in [6.07, 6.45) is 2.23. The molecule has 2 saturated heterocycles. The van der Waals surface area contributed by atoms with Gasteiger partial charge in [-0.05, 0) is 50.5 Å². The molecule has 0 unspecified atom stereocenters. The van der Waals surface area contributed by atoms with Crippen LogP contribution in [0.25, 0.3) is 0 Å². The third-order valence-electron chi connectivity index (χ3n) is 4.72. The maximum absolute atomic E-state index is 12.2. The molecule has 0 bridgehead atoms. The van der Waals surface area contributed by atoms with Crippen LogP contribution in [0.5, 0.6) is 0 Å². The topological polar surface area (TPSA) is 53.6 Å². The van der Waals surface area contributed by atoms with Crippen LogP contribution in [-0.4, -0.2) is 49.4 Å². The van der Waals surface area contributed by atoms with Gasteiger partial charge in [-0.25, -0.2) is 4.79 Å². The lowest BCUT2D eigenvalue weighted by Crippen LogP contribution is -2.43. The number of carbonyl (C=O) groups is 1. The number of hydrogen-bond acceptors (Lipinski definition) is 4. The molecule has 2 fully saturated rings. The van der Waals surface area contributed by atoms with Crippen LogP contribution >= 0.6 is 11.8 Å². The highest BCUT2D eigenvalue weighted by molar-refractivity contribution is 7.99. The summed E-state index contributed by atoms with van der Waals surface area (Å²) in [5, 5.41) is 5.95. The number of ether oxygens (including phenoxy) is 1. The minimum Gasteiger partial charge on any atom is -0.376 e. The van der Waals surface area contributed by atoms with Crippen LogP contribution in [0.2, 0.25) is 0 Å². The average Bonchev–Trinajstić information content (AvgIpc) is 3.12. The van der Waals surface area contributed by atoms with Crippen LogP contribution < -0.4 is 15.5 Å². The van der Waals surface area contributed by atoms with E-state index in [1.54, 1.807) is 0 Å². The zero-order valence-electron chi connectivity index (χ0n) is 14.5. The van der Waals surface area contributed by atoms with Crippen molar-refractivity contribution in [3.05, 3.63) is 23.8 Å². The van der Waals surface area contributed by atoms with E-state index in [2.05, 4.69) is 27.7 Å². The second-order valence-electron chi connectivity index (χ2n) is 6.54. The number of rotatable bonds is 4. The van der Waals surface area contributed by atoms with Crippen LogP contribution in [0.3, 0.4) is 0 Å². The van der Waals surface area contributed by atoms with Gasteiger partial charge in [-0.3, -0.25) is 0 Å². The molecule has 2 heterocycles. The Morgan fingerprint density at radius 3 is 2.83 bits per heavy atom. The Labute approximate surface area is 148 Å². The molecule has 0 saturated carbocycles. The second-order valence-corrected chi connectivity index (χ2v) is 7.76. The Morgan fingerprint density at radius 1 is 1.38 bits per heavy atom. The molecule has 0 radical (unpaired) electrons. The van der Waals surface area contributed by atoms with Crippen molar-refractivity contribution in [2.24, 2.45) is 0 Å². The van der Waals surface area contributed by atoms with Crippen LogP contribution in [0.1, 0.15) is 25.3 Å². The monoisotopic (exact) mass is 349 g/mol. The maximum Gasteiger partial charge on any atom is 0.319 e. The average molecular weight is 350 g/mol. The van der Waals surface area contributed by atoms with Gasteiger partial charge in [0.05, 0.1) is 12.1 Å². The third kappa shape index (κ3) is 4.36. The molecule has 2 atom stereocenters. The van der Waals surface area contributed by atoms with Crippen molar-refractivity contribution < 1.29 is 9.53 Å². The third-order valence-corrected chi connectivity index (χ3v) is 5.66. The predicted molar refractivity (Wildman–Crippen MR) is 101 cm³/mol. The zero-order valence-corrected chi connectivity index (χ0v) is 15.3. The van der Waals surface area contributed by atoms with Gasteiger partial charge in [0.25, 0.3) is 0 Å². The first-order valence-electron chi connectivity index (χ1n) is 8.76. The highest BCUT2D eigenvalue weighted by Crippen LogP contribution is 2.25. The van der Waals surface area contributed by atoms with E-state index < -0.39 is 0 Å². The number of amides is 2. The highest BCUT2D eigenvalue weighted by Gasteiger charge is 2.23. The number of anilines is 2. The van der Waals surface area contributed by atoms with Gasteiger partial charge in [-0.2, -0.15) is 11.8 Å². The molecule has 0 aliphatic carbocycles. The number of benzene rings is 1. The molecule has 1 aromatic rings. The molecule has 5 nitrogen and oxygen atoms in total. The molecule has 2 N–H and O–H groups in total. The standard InChI is InChI=1S/C18H27N3O2S/c1-13-12-15(21-7-10-24-11-8-21)5-6-16(13)20-18(22)19-14(2)17-4-3-9-23-17/h5-6,12,14,17H,3-4,7-11H2,1-2H3,(H2,19,20,22)/t14-,17+/m0/s1. The second kappa shape index (κ2) is 8.12. The SMILES string of the molecule is Cc1cc(N2CCSCC2)ccc1NC(=O)N[C@@H](C)[C@H]1CCCO1. The lowest BCUT2D eigenvalue weighted by molar-refractivity contribution is 0.0868. The molecular weight excluding hydrogens is 322 g/mol. The summed E-state index contributed by atoms with van der Waals surface area (Å²) in [6.45, 7) is 7.03. The van der Waals surface area contributed by atoms with E-state index in [1.807, 2.05) is 31.7 Å². The molecule has 0 spiro atoms. The summed E-state index contributed by atoms with van der Waals surface area (Å²) >= 11 is 2.01. The van der Waals surface area contributed by atoms with Crippen LogP contribution in [-0.2, 0) is 4.74 Å². The molecule has 2 aliphatic heterocycles. The minimum atomic E-state index is -0.164. The van der Waals surface area contributed by atoms with Crippen LogP contribution in [0.15, 0.2) is 18.2 Å². The van der Waals surface area contributed by atoms with E-state index in [1.165, 1.54) is 17.2 Å². The molecule has 2 aliphatic rings. The quantitative estimate of drug-likeness (QED) is 0.876. The summed E-state index contributed by atoms with van der Waals surface area (Å²) in [6, 6.07) is 6.13. The summed E-state index contributed by atoms with van der Waals surface area (Å²) < 4.78 is 5.62. The van der Waals surface area contributed by atoms with E-state index >= 15 is 0 Å². The van der Waals surface area contributed by atoms with Gasteiger partial charge in [-0.15, -0.1) is 0 Å². The van der Waals surface area contributed by atoms with Gasteiger partial charge < -0.3 is 20.3 Å². The predicted octanol–water partition coefficient (Wildman–Crippen LogP) is 3.24. The maximum atomic E-state index is 12.2. The Hall–Kier alpha value is -1.40. The van der Waals surface area contributed by atoms with Crippen molar-refractivity contribution in [2.75, 3.05) is 41.4 Å². The van der Waals surface area contributed by atoms with Gasteiger partial charge >= 0.3 is 6.03 Å². The fraction of sp³-hybridized carbons (Fsp3) is 0.611. The number of carbonyl (C=O) groups excluding carboxylic acids is 1. The number of aryl methyl sites for hydroxylation is 1. The van der Waals surface area contributed by atoms with Crippen LogP contribution in [0, 0.1) is 6.92 Å². The Bertz CT molecular complexity index is 569. The number of urea groups is 1. The van der Waals surface area contributed by atoms with Crippen molar-refractivity contribution in [2.45, 2.75) is 38.8 Å². The largest absolute Gasteiger partial charge is 0.376 e. The van der Waals surface area contributed by atoms with E-state index in [-0.39, 0.29) is 18.2 Å².